The van der Waals surface area contributed by atoms with E-state index in [-0.39, 0.29) is 5.56 Å². The van der Waals surface area contributed by atoms with E-state index in [1.807, 2.05) is 0 Å². The Morgan fingerprint density at radius 2 is 2.09 bits per heavy atom. The van der Waals surface area contributed by atoms with Gasteiger partial charge in [-0.25, -0.2) is 4.39 Å². The molecule has 1 N–H and O–H groups in total. The van der Waals surface area contributed by atoms with Crippen molar-refractivity contribution in [3.63, 3.8) is 0 Å². The summed E-state index contributed by atoms with van der Waals surface area (Å²) < 4.78 is 19.7. The van der Waals surface area contributed by atoms with Crippen LogP contribution in [0.4, 0.5) is 4.39 Å². The Labute approximate surface area is 141 Å². The molecule has 1 fully saturated rings. The molecule has 0 saturated heterocycles. The first kappa shape index (κ1) is 16.1. The van der Waals surface area contributed by atoms with Crippen LogP contribution in [0.5, 0.6) is 0 Å². The lowest BCUT2D eigenvalue weighted by Gasteiger charge is -2.35. The third kappa shape index (κ3) is 3.29. The number of amides is 1. The third-order valence-corrected chi connectivity index (χ3v) is 4.68. The summed E-state index contributed by atoms with van der Waals surface area (Å²) in [7, 11) is 0. The van der Waals surface area contributed by atoms with Gasteiger partial charge in [0.25, 0.3) is 5.91 Å². The van der Waals surface area contributed by atoms with Crippen molar-refractivity contribution in [1.29, 1.82) is 0 Å². The minimum absolute atomic E-state index is 0.00420. The van der Waals surface area contributed by atoms with Gasteiger partial charge in [0.05, 0.1) is 5.56 Å². The maximum atomic E-state index is 14.0. The van der Waals surface area contributed by atoms with E-state index < -0.39 is 17.3 Å². The largest absolute Gasteiger partial charge is 0.340 e. The maximum Gasteiger partial charge on any atom is 0.255 e. The van der Waals surface area contributed by atoms with Crippen molar-refractivity contribution in [3.8, 4) is 0 Å². The fraction of sp³-hybridized carbons (Fsp3) is 0.438. The number of nitrogens with one attached hydrogen (secondary N) is 1. The van der Waals surface area contributed by atoms with E-state index in [9.17, 15) is 9.18 Å². The third-order valence-electron chi connectivity index (χ3n) is 4.19. The second-order valence-electron chi connectivity index (χ2n) is 5.86. The standard InChI is InChI=1S/C16H17BrFN3O2/c1-10-19-15(21-23-10)16(7-3-2-4-8-16)20-14(22)12-9-11(17)5-6-13(12)18/h5-6,9H,2-4,7-8H2,1H3,(H,20,22). The first-order valence-corrected chi connectivity index (χ1v) is 8.38. The van der Waals surface area contributed by atoms with Crippen molar-refractivity contribution in [2.24, 2.45) is 0 Å². The molecule has 7 heteroatoms. The quantitative estimate of drug-likeness (QED) is 0.875. The van der Waals surface area contributed by atoms with Gasteiger partial charge in [-0.05, 0) is 31.0 Å². The van der Waals surface area contributed by atoms with E-state index >= 15 is 0 Å². The molecule has 0 bridgehead atoms. The van der Waals surface area contributed by atoms with Gasteiger partial charge in [-0.1, -0.05) is 40.3 Å². The van der Waals surface area contributed by atoms with E-state index in [2.05, 4.69) is 31.4 Å². The van der Waals surface area contributed by atoms with Crippen molar-refractivity contribution < 1.29 is 13.7 Å². The number of carbonyl (C=O) groups excluding carboxylic acids is 1. The summed E-state index contributed by atoms with van der Waals surface area (Å²) in [4.78, 5) is 16.9. The average Bonchev–Trinajstić information content (AvgIpc) is 2.98. The van der Waals surface area contributed by atoms with Crippen molar-refractivity contribution in [3.05, 3.63) is 45.8 Å². The highest BCUT2D eigenvalue weighted by Gasteiger charge is 2.40. The van der Waals surface area contributed by atoms with Crippen molar-refractivity contribution in [1.82, 2.24) is 15.5 Å². The number of carbonyl (C=O) groups is 1. The Balaban J connectivity index is 1.92. The number of benzene rings is 1. The zero-order chi connectivity index (χ0) is 16.4. The van der Waals surface area contributed by atoms with Crippen LogP contribution in [-0.2, 0) is 5.54 Å². The van der Waals surface area contributed by atoms with Crippen LogP contribution < -0.4 is 5.32 Å². The van der Waals surface area contributed by atoms with Gasteiger partial charge in [0.2, 0.25) is 5.89 Å². The molecule has 1 heterocycles. The lowest BCUT2D eigenvalue weighted by atomic mass is 9.80. The van der Waals surface area contributed by atoms with E-state index in [0.29, 0.717) is 29.0 Å². The number of aryl methyl sites for hydroxylation is 1. The van der Waals surface area contributed by atoms with E-state index in [1.165, 1.54) is 12.1 Å². The number of rotatable bonds is 3. The van der Waals surface area contributed by atoms with Gasteiger partial charge in [-0.2, -0.15) is 4.98 Å². The summed E-state index contributed by atoms with van der Waals surface area (Å²) in [5, 5.41) is 6.96. The molecule has 23 heavy (non-hydrogen) atoms. The Morgan fingerprint density at radius 3 is 2.74 bits per heavy atom. The first-order valence-electron chi connectivity index (χ1n) is 7.58. The second-order valence-corrected chi connectivity index (χ2v) is 6.77. The highest BCUT2D eigenvalue weighted by Crippen LogP contribution is 2.36. The zero-order valence-electron chi connectivity index (χ0n) is 12.7. The topological polar surface area (TPSA) is 68.0 Å². The molecule has 1 amide bonds. The number of halogens is 2. The van der Waals surface area contributed by atoms with Gasteiger partial charge < -0.3 is 9.84 Å². The highest BCUT2D eigenvalue weighted by atomic mass is 79.9. The average molecular weight is 382 g/mol. The van der Waals surface area contributed by atoms with Crippen LogP contribution in [0.15, 0.2) is 27.2 Å². The molecule has 122 valence electrons. The minimum atomic E-state index is -0.693. The van der Waals surface area contributed by atoms with Crippen LogP contribution in [0.25, 0.3) is 0 Å². The molecule has 1 saturated carbocycles. The monoisotopic (exact) mass is 381 g/mol. The maximum absolute atomic E-state index is 14.0. The smallest absolute Gasteiger partial charge is 0.255 e. The summed E-state index contributed by atoms with van der Waals surface area (Å²) in [5.74, 6) is -0.0969. The SMILES string of the molecule is Cc1nc(C2(NC(=O)c3cc(Br)ccc3F)CCCCC2)no1. The van der Waals surface area contributed by atoms with Gasteiger partial charge in [-0.15, -0.1) is 0 Å². The summed E-state index contributed by atoms with van der Waals surface area (Å²) in [6.07, 6.45) is 4.43. The molecule has 5 nitrogen and oxygen atoms in total. The van der Waals surface area contributed by atoms with Crippen molar-refractivity contribution >= 4 is 21.8 Å². The minimum Gasteiger partial charge on any atom is -0.340 e. The molecule has 3 rings (SSSR count). The number of nitrogens with zero attached hydrogens (tertiary/aromatic N) is 2. The molecule has 0 atom stereocenters. The lowest BCUT2D eigenvalue weighted by Crippen LogP contribution is -2.48. The van der Waals surface area contributed by atoms with Gasteiger partial charge >= 0.3 is 0 Å². The van der Waals surface area contributed by atoms with Crippen molar-refractivity contribution in [2.75, 3.05) is 0 Å². The van der Waals surface area contributed by atoms with Gasteiger partial charge in [0.15, 0.2) is 5.82 Å². The van der Waals surface area contributed by atoms with E-state index in [0.717, 1.165) is 19.3 Å². The Bertz CT molecular complexity index is 726. The second kappa shape index (κ2) is 6.39. The Morgan fingerprint density at radius 1 is 1.35 bits per heavy atom. The first-order chi connectivity index (χ1) is 11.0. The van der Waals surface area contributed by atoms with E-state index in [1.54, 1.807) is 13.0 Å². The van der Waals surface area contributed by atoms with Crippen LogP contribution in [0.2, 0.25) is 0 Å². The summed E-state index contributed by atoms with van der Waals surface area (Å²) in [6.45, 7) is 1.71. The molecule has 0 spiro atoms. The van der Waals surface area contributed by atoms with Crippen molar-refractivity contribution in [2.45, 2.75) is 44.6 Å². The molecule has 0 radical (unpaired) electrons. The lowest BCUT2D eigenvalue weighted by molar-refractivity contribution is 0.0851. The predicted octanol–water partition coefficient (Wildman–Crippen LogP) is 3.87. The number of hydrogen-bond acceptors (Lipinski definition) is 4. The van der Waals surface area contributed by atoms with Crippen LogP contribution in [0.1, 0.15) is 54.2 Å². The molecule has 0 unspecified atom stereocenters. The summed E-state index contributed by atoms with van der Waals surface area (Å²) in [5.41, 5.74) is -0.688. The fourth-order valence-electron chi connectivity index (χ4n) is 3.01. The highest BCUT2D eigenvalue weighted by molar-refractivity contribution is 9.10. The molecule has 0 aliphatic heterocycles. The zero-order valence-corrected chi connectivity index (χ0v) is 14.3. The van der Waals surface area contributed by atoms with Gasteiger partial charge in [0.1, 0.15) is 11.4 Å². The van der Waals surface area contributed by atoms with E-state index in [4.69, 9.17) is 4.52 Å². The molecule has 1 aromatic carbocycles. The van der Waals surface area contributed by atoms with Gasteiger partial charge in [-0.3, -0.25) is 4.79 Å². The van der Waals surface area contributed by atoms with Crippen LogP contribution in [-0.4, -0.2) is 16.0 Å². The summed E-state index contributed by atoms with van der Waals surface area (Å²) >= 11 is 3.27. The molecule has 1 aliphatic carbocycles. The molecular weight excluding hydrogens is 365 g/mol. The van der Waals surface area contributed by atoms with Crippen LogP contribution >= 0.6 is 15.9 Å². The Hall–Kier alpha value is -1.76. The Kier molecular flexibility index (Phi) is 4.48. The molecular formula is C16H17BrFN3O2. The fourth-order valence-corrected chi connectivity index (χ4v) is 3.37. The predicted molar refractivity (Wildman–Crippen MR) is 85.4 cm³/mol. The van der Waals surface area contributed by atoms with Gasteiger partial charge in [0, 0.05) is 11.4 Å². The number of aromatic nitrogens is 2. The van der Waals surface area contributed by atoms with Crippen LogP contribution in [0, 0.1) is 12.7 Å². The molecule has 1 aliphatic rings. The molecule has 2 aromatic rings. The summed E-state index contributed by atoms with van der Waals surface area (Å²) in [6, 6.07) is 4.30. The number of hydrogen-bond donors (Lipinski definition) is 1. The normalized spacial score (nSPS) is 17.0. The molecule has 1 aromatic heterocycles. The van der Waals surface area contributed by atoms with Crippen LogP contribution in [0.3, 0.4) is 0 Å².